The molecule has 0 aliphatic carbocycles. The summed E-state index contributed by atoms with van der Waals surface area (Å²) < 4.78 is 43.1. The average Bonchev–Trinajstić information content (AvgIpc) is 3.22. The quantitative estimate of drug-likeness (QED) is 0.671. The molecular weight excluding hydrogens is 409 g/mol. The molecule has 1 aliphatic rings. The Kier molecular flexibility index (Phi) is 5.11. The van der Waals surface area contributed by atoms with E-state index in [2.05, 4.69) is 5.10 Å². The van der Waals surface area contributed by atoms with Gasteiger partial charge in [-0.1, -0.05) is 24.6 Å². The highest BCUT2D eigenvalue weighted by molar-refractivity contribution is 7.89. The average molecular weight is 431 g/mol. The molecule has 1 saturated heterocycles. The second-order valence-electron chi connectivity index (χ2n) is 7.80. The standard InChI is InChI=1S/C21H22FN3O4S/c1-13-3-6-16(7-4-13)30(28,29)24-11-14(2)20(12-24)25-19-9-15(22)5-8-17(19)18(23-25)10-21(26)27/h3-9,14,20H,10-12H2,1-2H3,(H,26,27)/t14-,20+/m1/s1. The number of aliphatic carboxylic acids is 1. The van der Waals surface area contributed by atoms with Crippen molar-refractivity contribution in [3.63, 3.8) is 0 Å². The third-order valence-corrected chi connectivity index (χ3v) is 7.42. The number of hydrogen-bond acceptors (Lipinski definition) is 4. The van der Waals surface area contributed by atoms with Crippen molar-refractivity contribution in [1.82, 2.24) is 14.1 Å². The second kappa shape index (κ2) is 7.48. The van der Waals surface area contributed by atoms with Crippen LogP contribution in [0.5, 0.6) is 0 Å². The fourth-order valence-electron chi connectivity index (χ4n) is 3.98. The molecule has 0 radical (unpaired) electrons. The minimum absolute atomic E-state index is 0.0886. The smallest absolute Gasteiger partial charge is 0.309 e. The van der Waals surface area contributed by atoms with Gasteiger partial charge in [-0.25, -0.2) is 12.8 Å². The fourth-order valence-corrected chi connectivity index (χ4v) is 5.54. The third kappa shape index (κ3) is 3.59. The van der Waals surface area contributed by atoms with Crippen molar-refractivity contribution in [3.05, 3.63) is 59.5 Å². The first-order chi connectivity index (χ1) is 14.2. The zero-order valence-corrected chi connectivity index (χ0v) is 17.4. The molecule has 30 heavy (non-hydrogen) atoms. The van der Waals surface area contributed by atoms with E-state index in [0.717, 1.165) is 5.56 Å². The Morgan fingerprint density at radius 1 is 1.20 bits per heavy atom. The van der Waals surface area contributed by atoms with Gasteiger partial charge in [-0.15, -0.1) is 0 Å². The minimum Gasteiger partial charge on any atom is -0.481 e. The number of fused-ring (bicyclic) bond motifs is 1. The first kappa shape index (κ1) is 20.5. The number of nitrogens with zero attached hydrogens (tertiary/aromatic N) is 3. The van der Waals surface area contributed by atoms with Gasteiger partial charge in [0.25, 0.3) is 0 Å². The van der Waals surface area contributed by atoms with Crippen molar-refractivity contribution in [2.24, 2.45) is 5.92 Å². The van der Waals surface area contributed by atoms with Gasteiger partial charge >= 0.3 is 5.97 Å². The molecule has 1 N–H and O–H groups in total. The van der Waals surface area contributed by atoms with Crippen molar-refractivity contribution in [1.29, 1.82) is 0 Å². The number of aromatic nitrogens is 2. The number of rotatable bonds is 5. The number of carboxylic acids is 1. The van der Waals surface area contributed by atoms with Crippen LogP contribution >= 0.6 is 0 Å². The lowest BCUT2D eigenvalue weighted by Crippen LogP contribution is -2.29. The summed E-state index contributed by atoms with van der Waals surface area (Å²) in [6.07, 6.45) is -0.290. The van der Waals surface area contributed by atoms with Crippen LogP contribution in [0, 0.1) is 18.7 Å². The molecule has 158 valence electrons. The molecular formula is C21H22FN3O4S. The van der Waals surface area contributed by atoms with Gasteiger partial charge in [0.1, 0.15) is 5.82 Å². The van der Waals surface area contributed by atoms with Crippen LogP contribution in [0.1, 0.15) is 24.2 Å². The van der Waals surface area contributed by atoms with Crippen molar-refractivity contribution in [2.75, 3.05) is 13.1 Å². The molecule has 9 heteroatoms. The Hall–Kier alpha value is -2.78. The van der Waals surface area contributed by atoms with Gasteiger partial charge in [0.15, 0.2) is 0 Å². The summed E-state index contributed by atoms with van der Waals surface area (Å²) in [5.74, 6) is -1.58. The maximum atomic E-state index is 13.9. The predicted molar refractivity (Wildman–Crippen MR) is 109 cm³/mol. The Bertz CT molecular complexity index is 1220. The number of carbonyl (C=O) groups is 1. The number of halogens is 1. The van der Waals surface area contributed by atoms with Crippen LogP contribution in [0.15, 0.2) is 47.4 Å². The molecule has 7 nitrogen and oxygen atoms in total. The number of carboxylic acid groups (broad SMARTS) is 1. The Balaban J connectivity index is 1.72. The SMILES string of the molecule is Cc1ccc(S(=O)(=O)N2C[C@@H](C)[C@@H](n3nc(CC(=O)O)c4ccc(F)cc43)C2)cc1. The van der Waals surface area contributed by atoms with Crippen LogP contribution in [0.3, 0.4) is 0 Å². The molecule has 0 spiro atoms. The van der Waals surface area contributed by atoms with E-state index in [1.54, 1.807) is 28.9 Å². The molecule has 0 saturated carbocycles. The Morgan fingerprint density at radius 3 is 2.57 bits per heavy atom. The van der Waals surface area contributed by atoms with Crippen molar-refractivity contribution in [2.45, 2.75) is 31.2 Å². The molecule has 1 aromatic heterocycles. The lowest BCUT2D eigenvalue weighted by atomic mass is 10.1. The van der Waals surface area contributed by atoms with E-state index < -0.39 is 21.8 Å². The molecule has 0 amide bonds. The van der Waals surface area contributed by atoms with Crippen molar-refractivity contribution < 1.29 is 22.7 Å². The number of sulfonamides is 1. The summed E-state index contributed by atoms with van der Waals surface area (Å²) in [5, 5.41) is 14.2. The van der Waals surface area contributed by atoms with E-state index in [-0.39, 0.29) is 29.8 Å². The van der Waals surface area contributed by atoms with Crippen LogP contribution in [-0.4, -0.2) is 46.7 Å². The van der Waals surface area contributed by atoms with E-state index in [9.17, 15) is 22.7 Å². The Labute approximate surface area is 173 Å². The van der Waals surface area contributed by atoms with Crippen molar-refractivity contribution in [3.8, 4) is 0 Å². The minimum atomic E-state index is -3.68. The highest BCUT2D eigenvalue weighted by Gasteiger charge is 2.39. The molecule has 0 bridgehead atoms. The second-order valence-corrected chi connectivity index (χ2v) is 9.74. The third-order valence-electron chi connectivity index (χ3n) is 5.58. The summed E-state index contributed by atoms with van der Waals surface area (Å²) in [6.45, 7) is 4.28. The summed E-state index contributed by atoms with van der Waals surface area (Å²) in [7, 11) is -3.68. The van der Waals surface area contributed by atoms with Gasteiger partial charge in [0.2, 0.25) is 10.0 Å². The molecule has 2 heterocycles. The Morgan fingerprint density at radius 2 is 1.90 bits per heavy atom. The van der Waals surface area contributed by atoms with Gasteiger partial charge in [-0.05, 0) is 43.2 Å². The van der Waals surface area contributed by atoms with Crippen LogP contribution < -0.4 is 0 Å². The molecule has 1 fully saturated rings. The number of aryl methyl sites for hydroxylation is 1. The van der Waals surface area contributed by atoms with Gasteiger partial charge < -0.3 is 5.11 Å². The van der Waals surface area contributed by atoms with E-state index in [0.29, 0.717) is 23.1 Å². The molecule has 2 aromatic carbocycles. The molecule has 3 aromatic rings. The predicted octanol–water partition coefficient (Wildman–Crippen LogP) is 2.99. The van der Waals surface area contributed by atoms with E-state index in [4.69, 9.17) is 0 Å². The number of hydrogen-bond donors (Lipinski definition) is 1. The van der Waals surface area contributed by atoms with Gasteiger partial charge in [0.05, 0.1) is 28.6 Å². The summed E-state index contributed by atoms with van der Waals surface area (Å²) in [6, 6.07) is 10.5. The topological polar surface area (TPSA) is 92.5 Å². The van der Waals surface area contributed by atoms with Crippen LogP contribution in [-0.2, 0) is 21.2 Å². The normalized spacial score (nSPS) is 20.1. The molecule has 4 rings (SSSR count). The maximum Gasteiger partial charge on any atom is 0.309 e. The van der Waals surface area contributed by atoms with Gasteiger partial charge in [0, 0.05) is 18.5 Å². The van der Waals surface area contributed by atoms with Gasteiger partial charge in [-0.3, -0.25) is 9.48 Å². The van der Waals surface area contributed by atoms with E-state index in [1.165, 1.54) is 22.5 Å². The highest BCUT2D eigenvalue weighted by Crippen LogP contribution is 2.34. The summed E-state index contributed by atoms with van der Waals surface area (Å²) in [4.78, 5) is 11.5. The fraction of sp³-hybridized carbons (Fsp3) is 0.333. The van der Waals surface area contributed by atoms with Gasteiger partial charge in [-0.2, -0.15) is 9.40 Å². The monoisotopic (exact) mass is 431 g/mol. The van der Waals surface area contributed by atoms with Crippen LogP contribution in [0.4, 0.5) is 4.39 Å². The van der Waals surface area contributed by atoms with Crippen LogP contribution in [0.25, 0.3) is 10.9 Å². The lowest BCUT2D eigenvalue weighted by molar-refractivity contribution is -0.136. The summed E-state index contributed by atoms with van der Waals surface area (Å²) >= 11 is 0. The van der Waals surface area contributed by atoms with Crippen LogP contribution in [0.2, 0.25) is 0 Å². The first-order valence-corrected chi connectivity index (χ1v) is 11.1. The summed E-state index contributed by atoms with van der Waals surface area (Å²) in [5.41, 5.74) is 1.78. The highest BCUT2D eigenvalue weighted by atomic mass is 32.2. The zero-order valence-electron chi connectivity index (χ0n) is 16.6. The lowest BCUT2D eigenvalue weighted by Gasteiger charge is -2.17. The molecule has 1 aliphatic heterocycles. The first-order valence-electron chi connectivity index (χ1n) is 9.62. The maximum absolute atomic E-state index is 13.9. The van der Waals surface area contributed by atoms with Crippen molar-refractivity contribution >= 4 is 26.9 Å². The molecule has 2 atom stereocenters. The van der Waals surface area contributed by atoms with E-state index >= 15 is 0 Å². The number of benzene rings is 2. The largest absolute Gasteiger partial charge is 0.481 e. The molecule has 0 unspecified atom stereocenters. The zero-order chi connectivity index (χ0) is 21.6. The van der Waals surface area contributed by atoms with E-state index in [1.807, 2.05) is 13.8 Å².